The third-order valence-corrected chi connectivity index (χ3v) is 1.63. The highest BCUT2D eigenvalue weighted by Crippen LogP contribution is 2.41. The van der Waals surface area contributed by atoms with E-state index in [1.54, 1.807) is 0 Å². The van der Waals surface area contributed by atoms with Gasteiger partial charge in [-0.3, -0.25) is 0 Å². The molecule has 4 heteroatoms. The molecule has 0 N–H and O–H groups in total. The number of halogens is 3. The molecule has 0 amide bonds. The lowest BCUT2D eigenvalue weighted by Crippen LogP contribution is -2.33. The zero-order chi connectivity index (χ0) is 7.78. The highest BCUT2D eigenvalue weighted by atomic mass is 19.3. The second-order valence-electron chi connectivity index (χ2n) is 2.51. The normalized spacial score (nSPS) is 22.8. The maximum atomic E-state index is 12.5. The SMILES string of the molecule is COC(F)(F)C(F)C1CC1. The second-order valence-corrected chi connectivity index (χ2v) is 2.51. The molecule has 0 bridgehead atoms. The highest BCUT2D eigenvalue weighted by molar-refractivity contribution is 4.85. The molecule has 1 aliphatic rings. The van der Waals surface area contributed by atoms with E-state index in [0.717, 1.165) is 7.11 Å². The largest absolute Gasteiger partial charge is 0.386 e. The van der Waals surface area contributed by atoms with Crippen LogP contribution in [-0.4, -0.2) is 19.4 Å². The molecule has 1 rings (SSSR count). The van der Waals surface area contributed by atoms with Crippen LogP contribution < -0.4 is 0 Å². The van der Waals surface area contributed by atoms with Gasteiger partial charge in [-0.05, 0) is 18.8 Å². The van der Waals surface area contributed by atoms with Crippen LogP contribution in [0.3, 0.4) is 0 Å². The minimum atomic E-state index is -3.58. The van der Waals surface area contributed by atoms with Gasteiger partial charge in [-0.2, -0.15) is 8.78 Å². The second kappa shape index (κ2) is 2.42. The summed E-state index contributed by atoms with van der Waals surface area (Å²) >= 11 is 0. The van der Waals surface area contributed by atoms with E-state index in [1.165, 1.54) is 0 Å². The molecule has 0 saturated heterocycles. The van der Waals surface area contributed by atoms with Crippen molar-refractivity contribution in [2.75, 3.05) is 7.11 Å². The maximum Gasteiger partial charge on any atom is 0.386 e. The van der Waals surface area contributed by atoms with Crippen molar-refractivity contribution in [1.29, 1.82) is 0 Å². The van der Waals surface area contributed by atoms with E-state index < -0.39 is 18.2 Å². The Bertz CT molecular complexity index is 122. The Kier molecular flexibility index (Phi) is 1.90. The van der Waals surface area contributed by atoms with Gasteiger partial charge in [0.25, 0.3) is 0 Å². The average Bonchev–Trinajstić information content (AvgIpc) is 2.68. The fourth-order valence-corrected chi connectivity index (χ4v) is 0.776. The molecule has 1 aliphatic carbocycles. The molecule has 0 aromatic heterocycles. The number of methoxy groups -OCH3 is 1. The first-order valence-corrected chi connectivity index (χ1v) is 3.15. The minimum Gasteiger partial charge on any atom is -0.322 e. The maximum absolute atomic E-state index is 12.5. The molecule has 1 nitrogen and oxygen atoms in total. The van der Waals surface area contributed by atoms with Crippen molar-refractivity contribution in [3.05, 3.63) is 0 Å². The fraction of sp³-hybridized carbons (Fsp3) is 1.00. The van der Waals surface area contributed by atoms with Crippen LogP contribution in [0.4, 0.5) is 13.2 Å². The Balaban J connectivity index is 2.43. The number of alkyl halides is 3. The van der Waals surface area contributed by atoms with E-state index in [2.05, 4.69) is 4.74 Å². The van der Waals surface area contributed by atoms with Crippen molar-refractivity contribution < 1.29 is 17.9 Å². The first-order valence-electron chi connectivity index (χ1n) is 3.15. The highest BCUT2D eigenvalue weighted by Gasteiger charge is 2.49. The van der Waals surface area contributed by atoms with Gasteiger partial charge >= 0.3 is 6.11 Å². The van der Waals surface area contributed by atoms with Crippen molar-refractivity contribution in [1.82, 2.24) is 0 Å². The summed E-state index contributed by atoms with van der Waals surface area (Å²) in [5, 5.41) is 0. The van der Waals surface area contributed by atoms with Crippen LogP contribution in [0.2, 0.25) is 0 Å². The molecule has 10 heavy (non-hydrogen) atoms. The van der Waals surface area contributed by atoms with Crippen molar-refractivity contribution in [2.24, 2.45) is 5.92 Å². The summed E-state index contributed by atoms with van der Waals surface area (Å²) in [6, 6.07) is 0. The minimum absolute atomic E-state index is 0.477. The van der Waals surface area contributed by atoms with Crippen LogP contribution in [0, 0.1) is 5.92 Å². The third-order valence-electron chi connectivity index (χ3n) is 1.63. The van der Waals surface area contributed by atoms with Crippen LogP contribution >= 0.6 is 0 Å². The third kappa shape index (κ3) is 1.42. The monoisotopic (exact) mass is 154 g/mol. The zero-order valence-corrected chi connectivity index (χ0v) is 5.61. The van der Waals surface area contributed by atoms with Gasteiger partial charge in [-0.15, -0.1) is 0 Å². The topological polar surface area (TPSA) is 9.23 Å². The van der Waals surface area contributed by atoms with E-state index in [4.69, 9.17) is 0 Å². The first kappa shape index (κ1) is 7.85. The molecular weight excluding hydrogens is 145 g/mol. The van der Waals surface area contributed by atoms with Crippen LogP contribution in [0.1, 0.15) is 12.8 Å². The summed E-state index contributed by atoms with van der Waals surface area (Å²) in [7, 11) is 0.814. The van der Waals surface area contributed by atoms with Gasteiger partial charge in [-0.25, -0.2) is 4.39 Å². The predicted molar refractivity (Wildman–Crippen MR) is 29.6 cm³/mol. The molecule has 0 aromatic rings. The summed E-state index contributed by atoms with van der Waals surface area (Å²) in [4.78, 5) is 0. The molecule has 1 saturated carbocycles. The smallest absolute Gasteiger partial charge is 0.322 e. The van der Waals surface area contributed by atoms with Gasteiger partial charge in [0.15, 0.2) is 6.17 Å². The summed E-state index contributed by atoms with van der Waals surface area (Å²) in [6.07, 6.45) is -4.58. The summed E-state index contributed by atoms with van der Waals surface area (Å²) in [5.41, 5.74) is 0. The molecule has 0 radical (unpaired) electrons. The van der Waals surface area contributed by atoms with Gasteiger partial charge in [0, 0.05) is 7.11 Å². The fourth-order valence-electron chi connectivity index (χ4n) is 0.776. The molecule has 0 aromatic carbocycles. The Morgan fingerprint density at radius 3 is 2.30 bits per heavy atom. The first-order chi connectivity index (χ1) is 4.58. The Hall–Kier alpha value is -0.250. The van der Waals surface area contributed by atoms with Crippen LogP contribution in [-0.2, 0) is 4.74 Å². The number of rotatable bonds is 3. The molecule has 0 spiro atoms. The molecule has 0 aliphatic heterocycles. The quantitative estimate of drug-likeness (QED) is 0.603. The molecule has 0 heterocycles. The molecule has 1 atom stereocenters. The Morgan fingerprint density at radius 1 is 1.50 bits per heavy atom. The van der Waals surface area contributed by atoms with E-state index >= 15 is 0 Å². The van der Waals surface area contributed by atoms with E-state index in [-0.39, 0.29) is 0 Å². The lowest BCUT2D eigenvalue weighted by atomic mass is 10.2. The van der Waals surface area contributed by atoms with E-state index in [9.17, 15) is 13.2 Å². The van der Waals surface area contributed by atoms with E-state index in [0.29, 0.717) is 12.8 Å². The van der Waals surface area contributed by atoms with Gasteiger partial charge in [0.1, 0.15) is 0 Å². The van der Waals surface area contributed by atoms with Crippen LogP contribution in [0.25, 0.3) is 0 Å². The van der Waals surface area contributed by atoms with E-state index in [1.807, 2.05) is 0 Å². The summed E-state index contributed by atoms with van der Waals surface area (Å²) < 4.78 is 40.7. The molecule has 1 fully saturated rings. The lowest BCUT2D eigenvalue weighted by Gasteiger charge is -2.17. The Morgan fingerprint density at radius 2 is 2.00 bits per heavy atom. The summed E-state index contributed by atoms with van der Waals surface area (Å²) in [6.45, 7) is 0. The molecule has 60 valence electrons. The van der Waals surface area contributed by atoms with Gasteiger partial charge < -0.3 is 4.74 Å². The van der Waals surface area contributed by atoms with Crippen LogP contribution in [0.15, 0.2) is 0 Å². The van der Waals surface area contributed by atoms with Gasteiger partial charge in [0.05, 0.1) is 0 Å². The summed E-state index contributed by atoms with van der Waals surface area (Å²) in [5.74, 6) is -0.477. The molecule has 1 unspecified atom stereocenters. The van der Waals surface area contributed by atoms with Crippen molar-refractivity contribution in [3.8, 4) is 0 Å². The molecular formula is C6H9F3O. The standard InChI is InChI=1S/C6H9F3O/c1-10-6(8,9)5(7)4-2-3-4/h4-5H,2-3H2,1H3. The van der Waals surface area contributed by atoms with Gasteiger partial charge in [-0.1, -0.05) is 0 Å². The average molecular weight is 154 g/mol. The van der Waals surface area contributed by atoms with Crippen LogP contribution in [0.5, 0.6) is 0 Å². The van der Waals surface area contributed by atoms with Crippen molar-refractivity contribution >= 4 is 0 Å². The Labute approximate surface area is 57.2 Å². The number of hydrogen-bond donors (Lipinski definition) is 0. The van der Waals surface area contributed by atoms with Crippen molar-refractivity contribution in [2.45, 2.75) is 25.1 Å². The lowest BCUT2D eigenvalue weighted by molar-refractivity contribution is -0.263. The van der Waals surface area contributed by atoms with Gasteiger partial charge in [0.2, 0.25) is 0 Å². The number of hydrogen-bond acceptors (Lipinski definition) is 1. The predicted octanol–water partition coefficient (Wildman–Crippen LogP) is 1.97. The number of ether oxygens (including phenoxy) is 1. The zero-order valence-electron chi connectivity index (χ0n) is 5.61. The van der Waals surface area contributed by atoms with Crippen molar-refractivity contribution in [3.63, 3.8) is 0 Å².